The first-order chi connectivity index (χ1) is 7.05. The number of nitrogens with one attached hydrogen (secondary N) is 1. The van der Waals surface area contributed by atoms with Gasteiger partial charge in [0, 0.05) is 19.1 Å². The average molecular weight is 236 g/mol. The van der Waals surface area contributed by atoms with Crippen LogP contribution < -0.4 is 5.32 Å². The van der Waals surface area contributed by atoms with Gasteiger partial charge in [-0.05, 0) is 19.4 Å². The SMILES string of the molecule is CC.CCNC[C@@H]1CCCN1S(C)(=O)=O. The first-order valence-corrected chi connectivity index (χ1v) is 7.58. The number of hydrogen-bond acceptors (Lipinski definition) is 3. The van der Waals surface area contributed by atoms with E-state index in [0.29, 0.717) is 6.54 Å². The summed E-state index contributed by atoms with van der Waals surface area (Å²) in [6, 6.07) is 0.176. The van der Waals surface area contributed by atoms with Gasteiger partial charge < -0.3 is 5.32 Å². The van der Waals surface area contributed by atoms with Crippen LogP contribution in [0.4, 0.5) is 0 Å². The van der Waals surface area contributed by atoms with Crippen molar-refractivity contribution < 1.29 is 8.42 Å². The Bertz CT molecular complexity index is 252. The second-order valence-corrected chi connectivity index (χ2v) is 5.41. The fourth-order valence-electron chi connectivity index (χ4n) is 1.76. The van der Waals surface area contributed by atoms with E-state index in [9.17, 15) is 8.42 Å². The zero-order valence-corrected chi connectivity index (χ0v) is 11.1. The minimum Gasteiger partial charge on any atom is -0.315 e. The molecule has 92 valence electrons. The summed E-state index contributed by atoms with van der Waals surface area (Å²) in [5.74, 6) is 0. The van der Waals surface area contributed by atoms with Crippen molar-refractivity contribution in [3.05, 3.63) is 0 Å². The van der Waals surface area contributed by atoms with Gasteiger partial charge in [-0.25, -0.2) is 8.42 Å². The Morgan fingerprint density at radius 2 is 2.00 bits per heavy atom. The van der Waals surface area contributed by atoms with Crippen molar-refractivity contribution in [2.75, 3.05) is 25.9 Å². The maximum Gasteiger partial charge on any atom is 0.211 e. The molecule has 0 saturated carbocycles. The van der Waals surface area contributed by atoms with Gasteiger partial charge in [0.05, 0.1) is 6.26 Å². The Balaban J connectivity index is 0.000000921. The third-order valence-electron chi connectivity index (χ3n) is 2.38. The number of hydrogen-bond donors (Lipinski definition) is 1. The second-order valence-electron chi connectivity index (χ2n) is 3.48. The van der Waals surface area contributed by atoms with Crippen LogP contribution >= 0.6 is 0 Å². The van der Waals surface area contributed by atoms with Crippen molar-refractivity contribution in [1.29, 1.82) is 0 Å². The highest BCUT2D eigenvalue weighted by atomic mass is 32.2. The van der Waals surface area contributed by atoms with Crippen LogP contribution in [-0.2, 0) is 10.0 Å². The van der Waals surface area contributed by atoms with Crippen LogP contribution in [0.25, 0.3) is 0 Å². The van der Waals surface area contributed by atoms with Gasteiger partial charge in [-0.2, -0.15) is 4.31 Å². The highest BCUT2D eigenvalue weighted by Gasteiger charge is 2.30. The summed E-state index contributed by atoms with van der Waals surface area (Å²) < 4.78 is 24.2. The van der Waals surface area contributed by atoms with E-state index in [1.165, 1.54) is 6.26 Å². The van der Waals surface area contributed by atoms with E-state index >= 15 is 0 Å². The molecule has 0 bridgehead atoms. The molecule has 0 aliphatic carbocycles. The van der Waals surface area contributed by atoms with Gasteiger partial charge in [0.2, 0.25) is 10.0 Å². The maximum atomic E-state index is 11.3. The molecular weight excluding hydrogens is 212 g/mol. The predicted octanol–water partition coefficient (Wildman–Crippen LogP) is 1.05. The first kappa shape index (κ1) is 14.9. The lowest BCUT2D eigenvalue weighted by molar-refractivity contribution is 0.377. The summed E-state index contributed by atoms with van der Waals surface area (Å²) in [5, 5.41) is 3.19. The molecule has 15 heavy (non-hydrogen) atoms. The molecule has 0 radical (unpaired) electrons. The van der Waals surface area contributed by atoms with E-state index in [-0.39, 0.29) is 6.04 Å². The number of likely N-dealkylation sites (N-methyl/N-ethyl adjacent to an activating group) is 1. The molecule has 1 aliphatic heterocycles. The van der Waals surface area contributed by atoms with Crippen molar-refractivity contribution in [2.24, 2.45) is 0 Å². The van der Waals surface area contributed by atoms with E-state index in [1.807, 2.05) is 20.8 Å². The fraction of sp³-hybridized carbons (Fsp3) is 1.00. The van der Waals surface area contributed by atoms with Crippen molar-refractivity contribution in [2.45, 2.75) is 39.7 Å². The zero-order valence-electron chi connectivity index (χ0n) is 10.3. The second kappa shape index (κ2) is 7.19. The zero-order chi connectivity index (χ0) is 11.9. The van der Waals surface area contributed by atoms with Gasteiger partial charge in [-0.1, -0.05) is 20.8 Å². The van der Waals surface area contributed by atoms with Crippen molar-refractivity contribution in [1.82, 2.24) is 9.62 Å². The van der Waals surface area contributed by atoms with Crippen molar-refractivity contribution >= 4 is 10.0 Å². The van der Waals surface area contributed by atoms with Gasteiger partial charge in [0.15, 0.2) is 0 Å². The van der Waals surface area contributed by atoms with Crippen LogP contribution in [0.1, 0.15) is 33.6 Å². The molecule has 0 aromatic rings. The lowest BCUT2D eigenvalue weighted by Crippen LogP contribution is -2.40. The van der Waals surface area contributed by atoms with Gasteiger partial charge in [0.1, 0.15) is 0 Å². The van der Waals surface area contributed by atoms with Crippen LogP contribution in [0.5, 0.6) is 0 Å². The first-order valence-electron chi connectivity index (χ1n) is 5.73. The topological polar surface area (TPSA) is 49.4 Å². The number of nitrogens with zero attached hydrogens (tertiary/aromatic N) is 1. The molecule has 0 aromatic heterocycles. The Labute approximate surface area is 94.1 Å². The van der Waals surface area contributed by atoms with Gasteiger partial charge in [-0.15, -0.1) is 0 Å². The standard InChI is InChI=1S/C8H18N2O2S.C2H6/c1-3-9-7-8-5-4-6-10(8)13(2,11)12;1-2/h8-9H,3-7H2,1-2H3;1-2H3/t8-;/m0./s1. The quantitative estimate of drug-likeness (QED) is 0.793. The maximum absolute atomic E-state index is 11.3. The van der Waals surface area contributed by atoms with Crippen molar-refractivity contribution in [3.63, 3.8) is 0 Å². The van der Waals surface area contributed by atoms with Crippen LogP contribution in [0.2, 0.25) is 0 Å². The van der Waals surface area contributed by atoms with Gasteiger partial charge >= 0.3 is 0 Å². The summed E-state index contributed by atoms with van der Waals surface area (Å²) in [5.41, 5.74) is 0. The van der Waals surface area contributed by atoms with E-state index in [2.05, 4.69) is 5.32 Å². The molecule has 1 rings (SSSR count). The minimum absolute atomic E-state index is 0.176. The average Bonchev–Trinajstić information content (AvgIpc) is 2.65. The molecule has 1 saturated heterocycles. The molecular formula is C10H24N2O2S. The summed E-state index contributed by atoms with van der Waals surface area (Å²) in [4.78, 5) is 0. The smallest absolute Gasteiger partial charge is 0.211 e. The number of sulfonamides is 1. The molecule has 0 unspecified atom stereocenters. The van der Waals surface area contributed by atoms with E-state index in [0.717, 1.165) is 25.9 Å². The Kier molecular flexibility index (Phi) is 7.13. The molecule has 5 heteroatoms. The Morgan fingerprint density at radius 1 is 1.40 bits per heavy atom. The lowest BCUT2D eigenvalue weighted by Gasteiger charge is -2.21. The van der Waals surface area contributed by atoms with Crippen LogP contribution in [0, 0.1) is 0 Å². The summed E-state index contributed by atoms with van der Waals surface area (Å²) in [6.07, 6.45) is 3.26. The van der Waals surface area contributed by atoms with Gasteiger partial charge in [0.25, 0.3) is 0 Å². The molecule has 0 spiro atoms. The van der Waals surface area contributed by atoms with E-state index < -0.39 is 10.0 Å². The molecule has 0 aromatic carbocycles. The van der Waals surface area contributed by atoms with Gasteiger partial charge in [-0.3, -0.25) is 0 Å². The molecule has 4 nitrogen and oxygen atoms in total. The molecule has 1 fully saturated rings. The molecule has 1 aliphatic rings. The largest absolute Gasteiger partial charge is 0.315 e. The van der Waals surface area contributed by atoms with Crippen LogP contribution in [-0.4, -0.2) is 44.7 Å². The summed E-state index contributed by atoms with van der Waals surface area (Å²) >= 11 is 0. The summed E-state index contributed by atoms with van der Waals surface area (Å²) in [6.45, 7) is 8.40. The van der Waals surface area contributed by atoms with Crippen molar-refractivity contribution in [3.8, 4) is 0 Å². The van der Waals surface area contributed by atoms with E-state index in [4.69, 9.17) is 0 Å². The molecule has 1 N–H and O–H groups in total. The van der Waals surface area contributed by atoms with Crippen LogP contribution in [0.3, 0.4) is 0 Å². The normalized spacial score (nSPS) is 22.3. The molecule has 0 amide bonds. The van der Waals surface area contributed by atoms with E-state index in [1.54, 1.807) is 4.31 Å². The third kappa shape index (κ3) is 4.95. The Morgan fingerprint density at radius 3 is 2.47 bits per heavy atom. The highest BCUT2D eigenvalue weighted by Crippen LogP contribution is 2.19. The fourth-order valence-corrected chi connectivity index (χ4v) is 2.94. The van der Waals surface area contributed by atoms with Crippen LogP contribution in [0.15, 0.2) is 0 Å². The lowest BCUT2D eigenvalue weighted by atomic mass is 10.2. The summed E-state index contributed by atoms with van der Waals surface area (Å²) in [7, 11) is -2.99. The highest BCUT2D eigenvalue weighted by molar-refractivity contribution is 7.88. The predicted molar refractivity (Wildman–Crippen MR) is 64.5 cm³/mol. The Hall–Kier alpha value is -0.130. The third-order valence-corrected chi connectivity index (χ3v) is 3.71. The minimum atomic E-state index is -2.99. The molecule has 1 atom stereocenters. The number of rotatable bonds is 4. The molecule has 1 heterocycles. The monoisotopic (exact) mass is 236 g/mol.